The zero-order valence-corrected chi connectivity index (χ0v) is 13.7. The topological polar surface area (TPSA) is 80.6 Å². The average Bonchev–Trinajstić information content (AvgIpc) is 3.23. The number of rotatable bonds is 5. The van der Waals surface area contributed by atoms with Crippen LogP contribution in [0.15, 0.2) is 36.4 Å². The molecule has 1 saturated heterocycles. The van der Waals surface area contributed by atoms with Gasteiger partial charge < -0.3 is 19.7 Å². The number of amides is 1. The summed E-state index contributed by atoms with van der Waals surface area (Å²) >= 11 is 0. The Balaban J connectivity index is 1.86. The normalized spacial score (nSPS) is 18.1. The number of aromatic carboxylic acids is 1. The molecule has 0 bridgehead atoms. The van der Waals surface area contributed by atoms with Crippen LogP contribution in [0.4, 0.5) is 4.39 Å². The standard InChI is InChI=1S/C18H19FN2O4/c1-21-13(8-9-14(21)18(23)24)17(22)20-16(15-3-2-10-25-15)11-4-6-12(19)7-5-11/h4-9,15-16H,2-3,10H2,1H3,(H,20,22)(H,23,24). The van der Waals surface area contributed by atoms with E-state index >= 15 is 0 Å². The van der Waals surface area contributed by atoms with Crippen molar-refractivity contribution in [1.29, 1.82) is 0 Å². The van der Waals surface area contributed by atoms with Crippen LogP contribution in [0.1, 0.15) is 45.4 Å². The zero-order valence-electron chi connectivity index (χ0n) is 13.7. The van der Waals surface area contributed by atoms with Gasteiger partial charge in [-0.2, -0.15) is 0 Å². The van der Waals surface area contributed by atoms with E-state index in [1.165, 1.54) is 35.9 Å². The fraction of sp³-hybridized carbons (Fsp3) is 0.333. The summed E-state index contributed by atoms with van der Waals surface area (Å²) in [7, 11) is 1.53. The van der Waals surface area contributed by atoms with E-state index in [1.54, 1.807) is 12.1 Å². The van der Waals surface area contributed by atoms with Gasteiger partial charge in [-0.05, 0) is 42.7 Å². The highest BCUT2D eigenvalue weighted by Gasteiger charge is 2.30. The molecule has 1 aromatic heterocycles. The van der Waals surface area contributed by atoms with Crippen LogP contribution in [0.25, 0.3) is 0 Å². The van der Waals surface area contributed by atoms with Crippen LogP contribution < -0.4 is 5.32 Å². The molecule has 0 saturated carbocycles. The van der Waals surface area contributed by atoms with Crippen LogP contribution in [-0.4, -0.2) is 34.3 Å². The molecular weight excluding hydrogens is 327 g/mol. The van der Waals surface area contributed by atoms with Gasteiger partial charge in [0.15, 0.2) is 0 Å². The van der Waals surface area contributed by atoms with Crippen LogP contribution in [-0.2, 0) is 11.8 Å². The van der Waals surface area contributed by atoms with Crippen molar-refractivity contribution in [2.75, 3.05) is 6.61 Å². The molecule has 1 aliphatic rings. The Hall–Kier alpha value is -2.67. The van der Waals surface area contributed by atoms with Crippen molar-refractivity contribution in [2.45, 2.75) is 25.0 Å². The van der Waals surface area contributed by atoms with Gasteiger partial charge in [-0.15, -0.1) is 0 Å². The Bertz CT molecular complexity index is 779. The first-order valence-corrected chi connectivity index (χ1v) is 8.04. The SMILES string of the molecule is Cn1c(C(=O)O)ccc1C(=O)NC(c1ccc(F)cc1)C1CCCO1. The maximum Gasteiger partial charge on any atom is 0.352 e. The second kappa shape index (κ2) is 7.06. The molecule has 1 aliphatic heterocycles. The number of halogens is 1. The van der Waals surface area contributed by atoms with Crippen molar-refractivity contribution < 1.29 is 23.8 Å². The molecule has 25 heavy (non-hydrogen) atoms. The van der Waals surface area contributed by atoms with Crippen LogP contribution in [0, 0.1) is 5.82 Å². The fourth-order valence-electron chi connectivity index (χ4n) is 3.10. The Morgan fingerprint density at radius 3 is 2.48 bits per heavy atom. The van der Waals surface area contributed by atoms with Gasteiger partial charge in [0.2, 0.25) is 0 Å². The van der Waals surface area contributed by atoms with Crippen molar-refractivity contribution in [2.24, 2.45) is 7.05 Å². The molecule has 132 valence electrons. The Morgan fingerprint density at radius 1 is 1.24 bits per heavy atom. The molecule has 2 atom stereocenters. The molecule has 0 spiro atoms. The summed E-state index contributed by atoms with van der Waals surface area (Å²) in [6.45, 7) is 0.617. The minimum absolute atomic E-state index is 0.0283. The summed E-state index contributed by atoms with van der Waals surface area (Å²) in [4.78, 5) is 23.8. The maximum atomic E-state index is 13.2. The van der Waals surface area contributed by atoms with Crippen LogP contribution in [0.5, 0.6) is 0 Å². The van der Waals surface area contributed by atoms with Crippen LogP contribution >= 0.6 is 0 Å². The summed E-state index contributed by atoms with van der Waals surface area (Å²) in [5.41, 5.74) is 1.01. The van der Waals surface area contributed by atoms with Gasteiger partial charge in [-0.1, -0.05) is 12.1 Å². The summed E-state index contributed by atoms with van der Waals surface area (Å²) in [6, 6.07) is 8.35. The number of carboxylic acid groups (broad SMARTS) is 1. The Labute approximate surface area is 144 Å². The second-order valence-electron chi connectivity index (χ2n) is 6.02. The lowest BCUT2D eigenvalue weighted by atomic mass is 9.99. The highest BCUT2D eigenvalue weighted by Crippen LogP contribution is 2.27. The molecule has 1 aromatic carbocycles. The lowest BCUT2D eigenvalue weighted by Gasteiger charge is -2.25. The highest BCUT2D eigenvalue weighted by molar-refractivity contribution is 5.96. The van der Waals surface area contributed by atoms with Crippen molar-refractivity contribution in [1.82, 2.24) is 9.88 Å². The minimum Gasteiger partial charge on any atom is -0.477 e. The number of hydrogen-bond donors (Lipinski definition) is 2. The summed E-state index contributed by atoms with van der Waals surface area (Å²) in [6.07, 6.45) is 1.48. The zero-order chi connectivity index (χ0) is 18.0. The van der Waals surface area contributed by atoms with Gasteiger partial charge in [-0.25, -0.2) is 9.18 Å². The van der Waals surface area contributed by atoms with Gasteiger partial charge >= 0.3 is 5.97 Å². The third-order valence-corrected chi connectivity index (χ3v) is 4.43. The maximum absolute atomic E-state index is 13.2. The first kappa shape index (κ1) is 17.2. The number of carbonyl (C=O) groups excluding carboxylic acids is 1. The third-order valence-electron chi connectivity index (χ3n) is 4.43. The summed E-state index contributed by atoms with van der Waals surface area (Å²) in [5.74, 6) is -1.86. The summed E-state index contributed by atoms with van der Waals surface area (Å²) in [5, 5.41) is 12.0. The van der Waals surface area contributed by atoms with Gasteiger partial charge in [0.1, 0.15) is 17.2 Å². The molecule has 1 amide bonds. The van der Waals surface area contributed by atoms with Crippen molar-refractivity contribution in [3.8, 4) is 0 Å². The molecular formula is C18H19FN2O4. The van der Waals surface area contributed by atoms with Crippen molar-refractivity contribution >= 4 is 11.9 Å². The van der Waals surface area contributed by atoms with Crippen LogP contribution in [0.3, 0.4) is 0 Å². The molecule has 2 heterocycles. The number of ether oxygens (including phenoxy) is 1. The molecule has 2 aromatic rings. The first-order chi connectivity index (χ1) is 12.0. The van der Waals surface area contributed by atoms with E-state index in [0.717, 1.165) is 18.4 Å². The largest absolute Gasteiger partial charge is 0.477 e. The first-order valence-electron chi connectivity index (χ1n) is 8.04. The number of hydrogen-bond acceptors (Lipinski definition) is 3. The van der Waals surface area contributed by atoms with Gasteiger partial charge in [0.05, 0.1) is 12.1 Å². The van der Waals surface area contributed by atoms with Crippen LogP contribution in [0.2, 0.25) is 0 Å². The molecule has 0 aliphatic carbocycles. The molecule has 2 unspecified atom stereocenters. The van der Waals surface area contributed by atoms with Gasteiger partial charge in [0, 0.05) is 13.7 Å². The lowest BCUT2D eigenvalue weighted by molar-refractivity contribution is 0.0665. The van der Waals surface area contributed by atoms with Gasteiger partial charge in [0.25, 0.3) is 5.91 Å². The number of nitrogens with zero attached hydrogens (tertiary/aromatic N) is 1. The number of nitrogens with one attached hydrogen (secondary N) is 1. The summed E-state index contributed by atoms with van der Waals surface area (Å²) < 4.78 is 20.2. The number of carboxylic acids is 1. The lowest BCUT2D eigenvalue weighted by Crippen LogP contribution is -2.37. The van der Waals surface area contributed by atoms with E-state index in [1.807, 2.05) is 0 Å². The predicted molar refractivity (Wildman–Crippen MR) is 88.0 cm³/mol. The fourth-order valence-corrected chi connectivity index (χ4v) is 3.10. The monoisotopic (exact) mass is 346 g/mol. The number of benzene rings is 1. The average molecular weight is 346 g/mol. The van der Waals surface area contributed by atoms with E-state index in [-0.39, 0.29) is 23.3 Å². The quantitative estimate of drug-likeness (QED) is 0.872. The van der Waals surface area contributed by atoms with E-state index in [0.29, 0.717) is 6.61 Å². The third kappa shape index (κ3) is 3.56. The molecule has 3 rings (SSSR count). The minimum atomic E-state index is -1.10. The van der Waals surface area contributed by atoms with E-state index in [9.17, 15) is 14.0 Å². The highest BCUT2D eigenvalue weighted by atomic mass is 19.1. The van der Waals surface area contributed by atoms with E-state index in [4.69, 9.17) is 9.84 Å². The Kier molecular flexibility index (Phi) is 4.85. The number of carbonyl (C=O) groups is 2. The molecule has 0 radical (unpaired) electrons. The van der Waals surface area contributed by atoms with Crippen molar-refractivity contribution in [3.05, 3.63) is 59.2 Å². The Morgan fingerprint density at radius 2 is 1.92 bits per heavy atom. The second-order valence-corrected chi connectivity index (χ2v) is 6.02. The number of aromatic nitrogens is 1. The predicted octanol–water partition coefficient (Wildman–Crippen LogP) is 2.51. The molecule has 7 heteroatoms. The van der Waals surface area contributed by atoms with Gasteiger partial charge in [-0.3, -0.25) is 4.79 Å². The van der Waals surface area contributed by atoms with E-state index < -0.39 is 17.9 Å². The van der Waals surface area contributed by atoms with E-state index in [2.05, 4.69) is 5.32 Å². The molecule has 6 nitrogen and oxygen atoms in total. The smallest absolute Gasteiger partial charge is 0.352 e. The van der Waals surface area contributed by atoms with Crippen molar-refractivity contribution in [3.63, 3.8) is 0 Å². The molecule has 2 N–H and O–H groups in total. The molecule has 1 fully saturated rings.